The van der Waals surface area contributed by atoms with E-state index < -0.39 is 13.0 Å². The molecule has 6 heteroatoms. The molecule has 1 fully saturated rings. The van der Waals surface area contributed by atoms with E-state index in [1.807, 2.05) is 0 Å². The van der Waals surface area contributed by atoms with Gasteiger partial charge >= 0.3 is 0 Å². The zero-order valence-electron chi connectivity index (χ0n) is 8.71. The summed E-state index contributed by atoms with van der Waals surface area (Å²) in [6.07, 6.45) is -2.51. The van der Waals surface area contributed by atoms with Gasteiger partial charge in [-0.05, 0) is 0 Å². The quantitative estimate of drug-likeness (QED) is 0.733. The third-order valence-corrected chi connectivity index (χ3v) is 2.24. The van der Waals surface area contributed by atoms with Gasteiger partial charge in [0.15, 0.2) is 0 Å². The van der Waals surface area contributed by atoms with Crippen molar-refractivity contribution in [3.05, 3.63) is 0 Å². The fourth-order valence-corrected chi connectivity index (χ4v) is 1.41. The summed E-state index contributed by atoms with van der Waals surface area (Å²) < 4.78 is 29.3. The molecular weight excluding hydrogens is 206 g/mol. The SMILES string of the molecule is CN(CC(F)F)C(=O)CC1CNCCO1. The van der Waals surface area contributed by atoms with Crippen LogP contribution >= 0.6 is 0 Å². The minimum atomic E-state index is -2.48. The molecule has 88 valence electrons. The molecule has 1 heterocycles. The molecule has 0 aromatic rings. The average molecular weight is 222 g/mol. The van der Waals surface area contributed by atoms with E-state index in [0.29, 0.717) is 13.2 Å². The molecule has 1 saturated heterocycles. The van der Waals surface area contributed by atoms with Gasteiger partial charge in [-0.2, -0.15) is 0 Å². The second-order valence-corrected chi connectivity index (χ2v) is 3.57. The van der Waals surface area contributed by atoms with Crippen LogP contribution in [0.25, 0.3) is 0 Å². The fraction of sp³-hybridized carbons (Fsp3) is 0.889. The number of halogens is 2. The molecule has 0 aromatic carbocycles. The zero-order valence-corrected chi connectivity index (χ0v) is 8.71. The molecule has 1 amide bonds. The molecule has 1 aliphatic rings. The molecule has 4 nitrogen and oxygen atoms in total. The number of rotatable bonds is 4. The van der Waals surface area contributed by atoms with Crippen LogP contribution in [-0.2, 0) is 9.53 Å². The van der Waals surface area contributed by atoms with Gasteiger partial charge in [0.25, 0.3) is 6.43 Å². The van der Waals surface area contributed by atoms with E-state index >= 15 is 0 Å². The number of amides is 1. The summed E-state index contributed by atoms with van der Waals surface area (Å²) in [6.45, 7) is 1.43. The summed E-state index contributed by atoms with van der Waals surface area (Å²) >= 11 is 0. The Kier molecular flexibility index (Phi) is 4.90. The predicted octanol–water partition coefficient (Wildman–Crippen LogP) is 0.0884. The largest absolute Gasteiger partial charge is 0.375 e. The Hall–Kier alpha value is -0.750. The van der Waals surface area contributed by atoms with Crippen molar-refractivity contribution in [2.75, 3.05) is 33.3 Å². The standard InChI is InChI=1S/C9H16F2N2O2/c1-13(6-8(10)11)9(14)4-7-5-12-2-3-15-7/h7-8,12H,2-6H2,1H3. The van der Waals surface area contributed by atoms with Gasteiger partial charge in [-0.3, -0.25) is 4.79 Å². The number of morpholine rings is 1. The van der Waals surface area contributed by atoms with Gasteiger partial charge in [-0.25, -0.2) is 8.78 Å². The molecule has 1 atom stereocenters. The molecule has 0 saturated carbocycles. The Morgan fingerprint density at radius 3 is 2.93 bits per heavy atom. The molecular formula is C9H16F2N2O2. The highest BCUT2D eigenvalue weighted by atomic mass is 19.3. The minimum absolute atomic E-state index is 0.163. The Balaban J connectivity index is 2.27. The third kappa shape index (κ3) is 4.53. The first-order valence-corrected chi connectivity index (χ1v) is 4.94. The van der Waals surface area contributed by atoms with Gasteiger partial charge in [0.1, 0.15) is 0 Å². The average Bonchev–Trinajstić information content (AvgIpc) is 2.18. The van der Waals surface area contributed by atoms with Crippen LogP contribution in [0.1, 0.15) is 6.42 Å². The van der Waals surface area contributed by atoms with Crippen LogP contribution in [0.2, 0.25) is 0 Å². The van der Waals surface area contributed by atoms with Crippen molar-refractivity contribution >= 4 is 5.91 Å². The van der Waals surface area contributed by atoms with Crippen molar-refractivity contribution in [3.8, 4) is 0 Å². The lowest BCUT2D eigenvalue weighted by atomic mass is 10.2. The van der Waals surface area contributed by atoms with E-state index in [0.717, 1.165) is 11.4 Å². The molecule has 1 rings (SSSR count). The van der Waals surface area contributed by atoms with Gasteiger partial charge in [-0.1, -0.05) is 0 Å². The van der Waals surface area contributed by atoms with E-state index in [1.165, 1.54) is 7.05 Å². The molecule has 0 aliphatic carbocycles. The van der Waals surface area contributed by atoms with Gasteiger partial charge in [0.05, 0.1) is 25.7 Å². The maximum absolute atomic E-state index is 12.0. The van der Waals surface area contributed by atoms with E-state index in [2.05, 4.69) is 5.32 Å². The monoisotopic (exact) mass is 222 g/mol. The summed E-state index contributed by atoms with van der Waals surface area (Å²) in [7, 11) is 1.38. The summed E-state index contributed by atoms with van der Waals surface area (Å²) in [5.74, 6) is -0.302. The molecule has 1 unspecified atom stereocenters. The van der Waals surface area contributed by atoms with Crippen LogP contribution in [0.3, 0.4) is 0 Å². The van der Waals surface area contributed by atoms with Crippen LogP contribution < -0.4 is 5.32 Å². The number of alkyl halides is 2. The third-order valence-electron chi connectivity index (χ3n) is 2.24. The van der Waals surface area contributed by atoms with E-state index in [1.54, 1.807) is 0 Å². The van der Waals surface area contributed by atoms with Crippen LogP contribution in [0.15, 0.2) is 0 Å². The zero-order chi connectivity index (χ0) is 11.3. The number of carbonyl (C=O) groups is 1. The first-order chi connectivity index (χ1) is 7.09. The highest BCUT2D eigenvalue weighted by Crippen LogP contribution is 2.05. The Bertz CT molecular complexity index is 208. The number of hydrogen-bond donors (Lipinski definition) is 1. The highest BCUT2D eigenvalue weighted by Gasteiger charge is 2.21. The van der Waals surface area contributed by atoms with Crippen molar-refractivity contribution in [2.45, 2.75) is 19.0 Å². The summed E-state index contributed by atoms with van der Waals surface area (Å²) in [5.41, 5.74) is 0. The van der Waals surface area contributed by atoms with Gasteiger partial charge < -0.3 is 15.0 Å². The van der Waals surface area contributed by atoms with Crippen LogP contribution in [0.5, 0.6) is 0 Å². The van der Waals surface area contributed by atoms with E-state index in [-0.39, 0.29) is 18.4 Å². The van der Waals surface area contributed by atoms with Gasteiger partial charge in [-0.15, -0.1) is 0 Å². The van der Waals surface area contributed by atoms with Crippen molar-refractivity contribution < 1.29 is 18.3 Å². The van der Waals surface area contributed by atoms with Crippen LogP contribution in [-0.4, -0.2) is 56.6 Å². The Morgan fingerprint density at radius 2 is 2.40 bits per heavy atom. The van der Waals surface area contributed by atoms with Gasteiger partial charge in [0.2, 0.25) is 5.91 Å². The molecule has 0 bridgehead atoms. The molecule has 0 aromatic heterocycles. The van der Waals surface area contributed by atoms with Crippen molar-refractivity contribution in [1.29, 1.82) is 0 Å². The molecule has 0 spiro atoms. The lowest BCUT2D eigenvalue weighted by Gasteiger charge is -2.25. The summed E-state index contributed by atoms with van der Waals surface area (Å²) in [5, 5.41) is 3.08. The molecule has 0 radical (unpaired) electrons. The predicted molar refractivity (Wildman–Crippen MR) is 50.9 cm³/mol. The van der Waals surface area contributed by atoms with Crippen LogP contribution in [0, 0.1) is 0 Å². The lowest BCUT2D eigenvalue weighted by Crippen LogP contribution is -2.42. The second-order valence-electron chi connectivity index (χ2n) is 3.57. The van der Waals surface area contributed by atoms with E-state index in [9.17, 15) is 13.6 Å². The second kappa shape index (κ2) is 5.97. The number of ether oxygens (including phenoxy) is 1. The lowest BCUT2D eigenvalue weighted by molar-refractivity contribution is -0.135. The molecule has 1 aliphatic heterocycles. The number of carbonyl (C=O) groups excluding carboxylic acids is 1. The Morgan fingerprint density at radius 1 is 1.67 bits per heavy atom. The Labute approximate surface area is 87.6 Å². The van der Waals surface area contributed by atoms with Gasteiger partial charge in [0, 0.05) is 20.1 Å². The first-order valence-electron chi connectivity index (χ1n) is 4.94. The maximum atomic E-state index is 12.0. The smallest absolute Gasteiger partial charge is 0.255 e. The summed E-state index contributed by atoms with van der Waals surface area (Å²) in [4.78, 5) is 12.5. The van der Waals surface area contributed by atoms with Crippen molar-refractivity contribution in [1.82, 2.24) is 10.2 Å². The van der Waals surface area contributed by atoms with Crippen molar-refractivity contribution in [2.24, 2.45) is 0 Å². The highest BCUT2D eigenvalue weighted by molar-refractivity contribution is 5.76. The normalized spacial score (nSPS) is 21.7. The first kappa shape index (κ1) is 12.3. The van der Waals surface area contributed by atoms with E-state index in [4.69, 9.17) is 4.74 Å². The molecule has 15 heavy (non-hydrogen) atoms. The number of hydrogen-bond acceptors (Lipinski definition) is 3. The minimum Gasteiger partial charge on any atom is -0.375 e. The topological polar surface area (TPSA) is 41.6 Å². The van der Waals surface area contributed by atoms with Crippen LogP contribution in [0.4, 0.5) is 8.78 Å². The van der Waals surface area contributed by atoms with Crippen molar-refractivity contribution in [3.63, 3.8) is 0 Å². The molecule has 1 N–H and O–H groups in total. The number of nitrogens with one attached hydrogen (secondary N) is 1. The number of nitrogens with zero attached hydrogens (tertiary/aromatic N) is 1. The maximum Gasteiger partial charge on any atom is 0.255 e. The summed E-state index contributed by atoms with van der Waals surface area (Å²) in [6, 6.07) is 0. The fourth-order valence-electron chi connectivity index (χ4n) is 1.41.